The summed E-state index contributed by atoms with van der Waals surface area (Å²) in [7, 11) is 0. The standard InChI is InChI=1S/C12H14F3N3O2/c13-12(14,15)9-5-6-10(17-16-9)18(7-11(19)20)8-3-1-2-4-8/h5-6,8H,1-4,7H2,(H,19,20). The zero-order chi connectivity index (χ0) is 14.8. The molecule has 0 saturated heterocycles. The summed E-state index contributed by atoms with van der Waals surface area (Å²) >= 11 is 0. The van der Waals surface area contributed by atoms with E-state index >= 15 is 0 Å². The highest BCUT2D eigenvalue weighted by molar-refractivity contribution is 5.73. The Morgan fingerprint density at radius 3 is 2.40 bits per heavy atom. The average molecular weight is 289 g/mol. The third-order valence-electron chi connectivity index (χ3n) is 3.31. The number of hydrogen-bond donors (Lipinski definition) is 1. The fourth-order valence-electron chi connectivity index (χ4n) is 2.39. The van der Waals surface area contributed by atoms with Crippen molar-refractivity contribution in [2.24, 2.45) is 0 Å². The third-order valence-corrected chi connectivity index (χ3v) is 3.31. The molecule has 2 rings (SSSR count). The summed E-state index contributed by atoms with van der Waals surface area (Å²) in [5.74, 6) is -0.870. The molecule has 0 radical (unpaired) electrons. The van der Waals surface area contributed by atoms with Crippen LogP contribution in [-0.4, -0.2) is 33.9 Å². The van der Waals surface area contributed by atoms with Crippen LogP contribution in [0.25, 0.3) is 0 Å². The lowest BCUT2D eigenvalue weighted by Crippen LogP contribution is -2.38. The van der Waals surface area contributed by atoms with Crippen LogP contribution in [0.2, 0.25) is 0 Å². The fraction of sp³-hybridized carbons (Fsp3) is 0.583. The molecule has 1 saturated carbocycles. The smallest absolute Gasteiger partial charge is 0.435 e. The summed E-state index contributed by atoms with van der Waals surface area (Å²) in [6.45, 7) is -0.287. The predicted molar refractivity (Wildman–Crippen MR) is 64.3 cm³/mol. The van der Waals surface area contributed by atoms with Crippen LogP contribution in [0.3, 0.4) is 0 Å². The van der Waals surface area contributed by atoms with Crippen LogP contribution in [0.5, 0.6) is 0 Å². The van der Waals surface area contributed by atoms with Crippen molar-refractivity contribution in [3.05, 3.63) is 17.8 Å². The van der Waals surface area contributed by atoms with E-state index in [1.54, 1.807) is 0 Å². The second kappa shape index (κ2) is 5.64. The summed E-state index contributed by atoms with van der Waals surface area (Å²) in [6, 6.07) is 2.00. The van der Waals surface area contributed by atoms with Crippen LogP contribution in [0.1, 0.15) is 31.4 Å². The number of nitrogens with zero attached hydrogens (tertiary/aromatic N) is 3. The van der Waals surface area contributed by atoms with E-state index in [0.29, 0.717) is 0 Å². The molecule has 0 unspecified atom stereocenters. The van der Waals surface area contributed by atoms with Crippen LogP contribution in [0, 0.1) is 0 Å². The van der Waals surface area contributed by atoms with Gasteiger partial charge in [0.2, 0.25) is 0 Å². The van der Waals surface area contributed by atoms with Gasteiger partial charge < -0.3 is 10.0 Å². The number of hydrogen-bond acceptors (Lipinski definition) is 4. The molecule has 1 N–H and O–H groups in total. The SMILES string of the molecule is O=C(O)CN(c1ccc(C(F)(F)F)nn1)C1CCCC1. The minimum atomic E-state index is -4.55. The lowest BCUT2D eigenvalue weighted by molar-refractivity contribution is -0.141. The normalized spacial score (nSPS) is 16.4. The largest absolute Gasteiger partial charge is 0.480 e. The first-order valence-corrected chi connectivity index (χ1v) is 6.27. The van der Waals surface area contributed by atoms with Crippen molar-refractivity contribution >= 4 is 11.8 Å². The Morgan fingerprint density at radius 1 is 1.30 bits per heavy atom. The molecule has 8 heteroatoms. The van der Waals surface area contributed by atoms with Gasteiger partial charge in [0, 0.05) is 6.04 Å². The number of halogens is 3. The summed E-state index contributed by atoms with van der Waals surface area (Å²) in [4.78, 5) is 12.4. The highest BCUT2D eigenvalue weighted by Crippen LogP contribution is 2.30. The van der Waals surface area contributed by atoms with Crippen LogP contribution in [0.15, 0.2) is 12.1 Å². The second-order valence-corrected chi connectivity index (χ2v) is 4.73. The van der Waals surface area contributed by atoms with E-state index < -0.39 is 17.8 Å². The van der Waals surface area contributed by atoms with Gasteiger partial charge >= 0.3 is 12.1 Å². The fourth-order valence-corrected chi connectivity index (χ4v) is 2.39. The summed E-state index contributed by atoms with van der Waals surface area (Å²) in [5, 5.41) is 15.6. The molecule has 20 heavy (non-hydrogen) atoms. The number of alkyl halides is 3. The van der Waals surface area contributed by atoms with Crippen molar-refractivity contribution in [2.45, 2.75) is 37.9 Å². The van der Waals surface area contributed by atoms with E-state index in [1.165, 1.54) is 11.0 Å². The Balaban J connectivity index is 2.22. The summed E-state index contributed by atoms with van der Waals surface area (Å²) in [6.07, 6.45) is -0.952. The van der Waals surface area contributed by atoms with Crippen LogP contribution in [-0.2, 0) is 11.0 Å². The lowest BCUT2D eigenvalue weighted by Gasteiger charge is -2.27. The molecule has 1 aliphatic rings. The zero-order valence-electron chi connectivity index (χ0n) is 10.6. The van der Waals surface area contributed by atoms with Crippen molar-refractivity contribution in [1.82, 2.24) is 10.2 Å². The molecule has 0 aliphatic heterocycles. The maximum Gasteiger partial charge on any atom is 0.435 e. The predicted octanol–water partition coefficient (Wildman–Crippen LogP) is 2.33. The Labute approximate surface area is 113 Å². The molecule has 1 aromatic heterocycles. The average Bonchev–Trinajstić information content (AvgIpc) is 2.88. The van der Waals surface area contributed by atoms with Crippen LogP contribution < -0.4 is 4.90 Å². The van der Waals surface area contributed by atoms with E-state index in [2.05, 4.69) is 10.2 Å². The van der Waals surface area contributed by atoms with Crippen molar-refractivity contribution in [3.8, 4) is 0 Å². The summed E-state index contributed by atoms with van der Waals surface area (Å²) < 4.78 is 37.3. The third kappa shape index (κ3) is 3.37. The van der Waals surface area contributed by atoms with E-state index in [4.69, 9.17) is 5.11 Å². The van der Waals surface area contributed by atoms with Gasteiger partial charge in [0.15, 0.2) is 11.5 Å². The van der Waals surface area contributed by atoms with Gasteiger partial charge in [-0.15, -0.1) is 10.2 Å². The first-order chi connectivity index (χ1) is 9.38. The Bertz CT molecular complexity index is 470. The number of carboxylic acids is 1. The zero-order valence-corrected chi connectivity index (χ0v) is 10.6. The lowest BCUT2D eigenvalue weighted by atomic mass is 10.2. The number of rotatable bonds is 4. The first kappa shape index (κ1) is 14.5. The first-order valence-electron chi connectivity index (χ1n) is 6.27. The molecule has 0 aromatic carbocycles. The molecule has 0 bridgehead atoms. The monoisotopic (exact) mass is 289 g/mol. The van der Waals surface area contributed by atoms with Crippen LogP contribution >= 0.6 is 0 Å². The minimum Gasteiger partial charge on any atom is -0.480 e. The minimum absolute atomic E-state index is 0.00265. The number of aliphatic carboxylic acids is 1. The molecular formula is C12H14F3N3O2. The maximum absolute atomic E-state index is 12.4. The van der Waals surface area contributed by atoms with Gasteiger partial charge in [-0.3, -0.25) is 4.79 Å². The van der Waals surface area contributed by atoms with Gasteiger partial charge in [0.25, 0.3) is 0 Å². The quantitative estimate of drug-likeness (QED) is 0.921. The molecule has 1 aromatic rings. The van der Waals surface area contributed by atoms with Gasteiger partial charge in [-0.2, -0.15) is 13.2 Å². The molecular weight excluding hydrogens is 275 g/mol. The number of anilines is 1. The molecule has 1 fully saturated rings. The van der Waals surface area contributed by atoms with E-state index in [9.17, 15) is 18.0 Å². The molecule has 0 amide bonds. The Morgan fingerprint density at radius 2 is 1.95 bits per heavy atom. The Hall–Kier alpha value is -1.86. The molecule has 0 spiro atoms. The van der Waals surface area contributed by atoms with Gasteiger partial charge in [-0.05, 0) is 25.0 Å². The van der Waals surface area contributed by atoms with Crippen molar-refractivity contribution < 1.29 is 23.1 Å². The number of aromatic nitrogens is 2. The topological polar surface area (TPSA) is 66.3 Å². The van der Waals surface area contributed by atoms with Gasteiger partial charge in [0.05, 0.1) is 0 Å². The van der Waals surface area contributed by atoms with Gasteiger partial charge in [-0.1, -0.05) is 12.8 Å². The number of carboxylic acid groups (broad SMARTS) is 1. The second-order valence-electron chi connectivity index (χ2n) is 4.73. The molecule has 1 heterocycles. The van der Waals surface area contributed by atoms with Crippen molar-refractivity contribution in [3.63, 3.8) is 0 Å². The van der Waals surface area contributed by atoms with E-state index in [0.717, 1.165) is 31.7 Å². The van der Waals surface area contributed by atoms with Gasteiger partial charge in [-0.25, -0.2) is 0 Å². The molecule has 1 aliphatic carbocycles. The van der Waals surface area contributed by atoms with Crippen molar-refractivity contribution in [2.75, 3.05) is 11.4 Å². The molecule has 5 nitrogen and oxygen atoms in total. The van der Waals surface area contributed by atoms with Crippen molar-refractivity contribution in [1.29, 1.82) is 0 Å². The van der Waals surface area contributed by atoms with E-state index in [1.807, 2.05) is 0 Å². The van der Waals surface area contributed by atoms with Gasteiger partial charge in [0.1, 0.15) is 6.54 Å². The highest BCUT2D eigenvalue weighted by atomic mass is 19.4. The molecule has 110 valence electrons. The summed E-state index contributed by atoms with van der Waals surface area (Å²) in [5.41, 5.74) is -1.08. The maximum atomic E-state index is 12.4. The highest BCUT2D eigenvalue weighted by Gasteiger charge is 2.33. The molecule has 0 atom stereocenters. The number of carbonyl (C=O) groups is 1. The van der Waals surface area contributed by atoms with Crippen LogP contribution in [0.4, 0.5) is 19.0 Å². The van der Waals surface area contributed by atoms with E-state index in [-0.39, 0.29) is 18.4 Å². The Kier molecular flexibility index (Phi) is 4.10.